The van der Waals surface area contributed by atoms with E-state index in [4.69, 9.17) is 21.4 Å². The quantitative estimate of drug-likeness (QED) is 0.118. The van der Waals surface area contributed by atoms with Crippen LogP contribution in [-0.2, 0) is 23.7 Å². The Morgan fingerprint density at radius 1 is 0.969 bits per heavy atom. The topological polar surface area (TPSA) is 155 Å². The van der Waals surface area contributed by atoms with E-state index in [1.54, 1.807) is 22.9 Å². The van der Waals surface area contributed by atoms with Crippen LogP contribution in [0.4, 0.5) is 50.8 Å². The molecule has 15 nitrogen and oxygen atoms in total. The molecule has 2 aromatic carbocycles. The molecule has 2 amide bonds. The molecule has 7 heterocycles. The molecule has 5 aliphatic rings. The molecule has 3 atom stereocenters. The van der Waals surface area contributed by atoms with Gasteiger partial charge >= 0.3 is 12.1 Å². The number of piperazine rings is 1. The van der Waals surface area contributed by atoms with E-state index in [0.717, 1.165) is 16.6 Å². The number of fused-ring (bicyclic) bond motifs is 4. The number of rotatable bonds is 8. The fourth-order valence-electron chi connectivity index (χ4n) is 10.1. The molecule has 65 heavy (non-hydrogen) atoms. The van der Waals surface area contributed by atoms with Gasteiger partial charge in [0.1, 0.15) is 11.1 Å². The molecule has 0 bridgehead atoms. The SMILES string of the molecule is Cn1nc(C2CCC(=O)NC2=O)c2cccc(N3CCC(CN4CCN(c5ncc(Cl)c(Nc6ccc7c(c6)c6c(c(=O)n7C)OCC(F)(F)[C@H](C7CC7)N6)n5)C[C@@H]4C(F)(F)F)CC3)c21. The van der Waals surface area contributed by atoms with Gasteiger partial charge in [-0.1, -0.05) is 23.7 Å². The van der Waals surface area contributed by atoms with Gasteiger partial charge < -0.3 is 29.7 Å². The molecule has 3 aromatic heterocycles. The third kappa shape index (κ3) is 8.05. The molecule has 1 unspecified atom stereocenters. The van der Waals surface area contributed by atoms with Crippen LogP contribution >= 0.6 is 11.6 Å². The molecular weight excluding hydrogens is 877 g/mol. The van der Waals surface area contributed by atoms with Crippen molar-refractivity contribution in [2.24, 2.45) is 25.9 Å². The summed E-state index contributed by atoms with van der Waals surface area (Å²) in [6.07, 6.45) is 0.0448. The Bertz CT molecular complexity index is 2770. The summed E-state index contributed by atoms with van der Waals surface area (Å²) in [5.74, 6) is -4.64. The Hall–Kier alpha value is -5.76. The Morgan fingerprint density at radius 2 is 1.75 bits per heavy atom. The standard InChI is InChI=1S/C44H47ClF5N11O4/c1-57-30-10-8-25(18-28(30)35-37(41(57)64)65-22-43(46,47)38(54-35)24-6-7-24)52-39-29(45)19-51-42(55-39)61-17-16-60(32(21-61)44(48,49)50)20-23-12-14-59(15-13-23)31-5-3-4-26-34(56-58(2)36(26)31)27-9-11-33(62)53-40(27)63/h3-5,8,10,18-19,23-24,27,32,38,54H,6-7,9,11-17,20-22H2,1-2H3,(H,51,52,55)(H,53,62,63)/t27?,32-,38+/m1/s1. The maximum absolute atomic E-state index is 15.2. The molecular formula is C44H47ClF5N11O4. The number of nitrogens with zero attached hydrogens (tertiary/aromatic N) is 8. The summed E-state index contributed by atoms with van der Waals surface area (Å²) in [7, 11) is 3.36. The number of hydrogen-bond donors (Lipinski definition) is 3. The third-order valence-electron chi connectivity index (χ3n) is 13.6. The van der Waals surface area contributed by atoms with Gasteiger partial charge in [0.15, 0.2) is 12.4 Å². The zero-order valence-corrected chi connectivity index (χ0v) is 36.4. The number of para-hydroxylation sites is 1. The average molecular weight is 924 g/mol. The molecule has 3 saturated heterocycles. The van der Waals surface area contributed by atoms with Crippen molar-refractivity contribution in [3.05, 3.63) is 63.7 Å². The predicted octanol–water partition coefficient (Wildman–Crippen LogP) is 6.32. The van der Waals surface area contributed by atoms with Crippen LogP contribution in [0.2, 0.25) is 5.02 Å². The monoisotopic (exact) mass is 923 g/mol. The molecule has 4 fully saturated rings. The smallest absolute Gasteiger partial charge is 0.405 e. The third-order valence-corrected chi connectivity index (χ3v) is 13.9. The molecule has 344 valence electrons. The van der Waals surface area contributed by atoms with E-state index in [0.29, 0.717) is 67.5 Å². The van der Waals surface area contributed by atoms with Crippen LogP contribution in [0.1, 0.15) is 50.1 Å². The van der Waals surface area contributed by atoms with Crippen LogP contribution in [0.25, 0.3) is 21.8 Å². The van der Waals surface area contributed by atoms with E-state index < -0.39 is 48.8 Å². The molecule has 4 aliphatic heterocycles. The van der Waals surface area contributed by atoms with E-state index in [-0.39, 0.29) is 77.9 Å². The number of aromatic nitrogens is 5. The van der Waals surface area contributed by atoms with Gasteiger partial charge in [-0.3, -0.25) is 29.3 Å². The number of benzene rings is 2. The molecule has 10 rings (SSSR count). The first-order valence-corrected chi connectivity index (χ1v) is 22.2. The number of hydrogen-bond acceptors (Lipinski definition) is 12. The lowest BCUT2D eigenvalue weighted by atomic mass is 9.92. The summed E-state index contributed by atoms with van der Waals surface area (Å²) in [4.78, 5) is 51.9. The van der Waals surface area contributed by atoms with E-state index in [9.17, 15) is 27.6 Å². The second-order valence-corrected chi connectivity index (χ2v) is 18.3. The number of amides is 2. The number of alkyl halides is 5. The average Bonchev–Trinajstić information content (AvgIpc) is 4.08. The number of piperidine rings is 2. The number of nitrogens with one attached hydrogen (secondary N) is 3. The number of ether oxygens (including phenoxy) is 1. The van der Waals surface area contributed by atoms with Crippen molar-refractivity contribution in [2.45, 2.75) is 68.6 Å². The normalized spacial score (nSPS) is 23.2. The highest BCUT2D eigenvalue weighted by Gasteiger charge is 2.51. The highest BCUT2D eigenvalue weighted by molar-refractivity contribution is 6.33. The minimum atomic E-state index is -4.54. The van der Waals surface area contributed by atoms with Crippen LogP contribution in [0, 0.1) is 11.8 Å². The summed E-state index contributed by atoms with van der Waals surface area (Å²) in [6, 6.07) is 7.84. The first kappa shape index (κ1) is 43.1. The van der Waals surface area contributed by atoms with Crippen LogP contribution in [0.3, 0.4) is 0 Å². The number of aryl methyl sites for hydroxylation is 2. The summed E-state index contributed by atoms with van der Waals surface area (Å²) in [5.41, 5.74) is 2.94. The molecule has 3 N–H and O–H groups in total. The molecule has 1 saturated carbocycles. The van der Waals surface area contributed by atoms with Crippen molar-refractivity contribution >= 4 is 74.0 Å². The summed E-state index contributed by atoms with van der Waals surface area (Å²) in [5, 5.41) is 14.6. The molecule has 0 radical (unpaired) electrons. The lowest BCUT2D eigenvalue weighted by molar-refractivity contribution is -0.186. The first-order chi connectivity index (χ1) is 31.0. The lowest BCUT2D eigenvalue weighted by Gasteiger charge is -2.44. The van der Waals surface area contributed by atoms with Crippen molar-refractivity contribution in [2.75, 3.05) is 66.3 Å². The van der Waals surface area contributed by atoms with E-state index in [1.807, 2.05) is 25.2 Å². The van der Waals surface area contributed by atoms with E-state index in [1.165, 1.54) is 27.6 Å². The number of carbonyl (C=O) groups excluding carboxylic acids is 2. The molecule has 0 spiro atoms. The number of carbonyl (C=O) groups is 2. The highest BCUT2D eigenvalue weighted by Crippen LogP contribution is 2.46. The summed E-state index contributed by atoms with van der Waals surface area (Å²) < 4.78 is 83.6. The first-order valence-electron chi connectivity index (χ1n) is 21.9. The zero-order chi connectivity index (χ0) is 45.5. The van der Waals surface area contributed by atoms with Gasteiger partial charge in [-0.25, -0.2) is 13.8 Å². The predicted molar refractivity (Wildman–Crippen MR) is 234 cm³/mol. The van der Waals surface area contributed by atoms with Crippen LogP contribution < -0.4 is 36.0 Å². The number of anilines is 5. The minimum absolute atomic E-state index is 0.0206. The molecule has 1 aliphatic carbocycles. The maximum Gasteiger partial charge on any atom is 0.405 e. The number of imide groups is 1. The van der Waals surface area contributed by atoms with Crippen molar-refractivity contribution in [1.29, 1.82) is 0 Å². The minimum Gasteiger partial charge on any atom is -0.480 e. The van der Waals surface area contributed by atoms with Gasteiger partial charge in [-0.2, -0.15) is 23.3 Å². The zero-order valence-electron chi connectivity index (χ0n) is 35.6. The number of halogens is 6. The highest BCUT2D eigenvalue weighted by atomic mass is 35.5. The van der Waals surface area contributed by atoms with Gasteiger partial charge in [-0.05, 0) is 68.2 Å². The Morgan fingerprint density at radius 3 is 2.49 bits per heavy atom. The number of pyridine rings is 1. The largest absolute Gasteiger partial charge is 0.480 e. The fourth-order valence-corrected chi connectivity index (χ4v) is 10.2. The van der Waals surface area contributed by atoms with Crippen molar-refractivity contribution in [3.63, 3.8) is 0 Å². The van der Waals surface area contributed by atoms with Crippen molar-refractivity contribution in [3.8, 4) is 5.75 Å². The summed E-state index contributed by atoms with van der Waals surface area (Å²) in [6.45, 7) is 0.570. The van der Waals surface area contributed by atoms with E-state index >= 15 is 8.78 Å². The van der Waals surface area contributed by atoms with Crippen LogP contribution in [0.5, 0.6) is 5.75 Å². The maximum atomic E-state index is 15.2. The second kappa shape index (κ2) is 16.3. The van der Waals surface area contributed by atoms with Crippen molar-refractivity contribution < 1.29 is 36.3 Å². The van der Waals surface area contributed by atoms with Gasteiger partial charge in [0.05, 0.1) is 46.3 Å². The van der Waals surface area contributed by atoms with Gasteiger partial charge in [0.2, 0.25) is 23.5 Å². The van der Waals surface area contributed by atoms with Crippen LogP contribution in [0.15, 0.2) is 47.4 Å². The molecule has 21 heteroatoms. The van der Waals surface area contributed by atoms with Gasteiger partial charge in [-0.15, -0.1) is 0 Å². The molecule has 5 aromatic rings. The Labute approximate surface area is 374 Å². The van der Waals surface area contributed by atoms with Crippen LogP contribution in [-0.4, -0.2) is 111 Å². The fraction of sp³-hybridized carbons (Fsp3) is 0.500. The second-order valence-electron chi connectivity index (χ2n) is 17.9. The Kier molecular flexibility index (Phi) is 10.8. The van der Waals surface area contributed by atoms with Gasteiger partial charge in [0.25, 0.3) is 5.56 Å². The summed E-state index contributed by atoms with van der Waals surface area (Å²) >= 11 is 6.55. The van der Waals surface area contributed by atoms with E-state index in [2.05, 4.69) is 30.8 Å². The Balaban J connectivity index is 0.826. The van der Waals surface area contributed by atoms with Gasteiger partial charge in [0, 0.05) is 76.2 Å². The lowest BCUT2D eigenvalue weighted by Crippen LogP contribution is -2.60. The van der Waals surface area contributed by atoms with Crippen molar-refractivity contribution in [1.82, 2.24) is 34.5 Å².